The zero-order chi connectivity index (χ0) is 17.3. The molecular formula is C16H25N5O2S. The Hall–Kier alpha value is -1.51. The molecule has 1 atom stereocenters. The third kappa shape index (κ3) is 3.76. The van der Waals surface area contributed by atoms with Crippen LogP contribution in [0.25, 0.3) is 0 Å². The number of piperazine rings is 1. The summed E-state index contributed by atoms with van der Waals surface area (Å²) in [5.74, 6) is -0.137. The van der Waals surface area contributed by atoms with Gasteiger partial charge in [-0.3, -0.25) is 19.4 Å². The molecule has 2 amide bonds. The van der Waals surface area contributed by atoms with Crippen molar-refractivity contribution in [3.05, 3.63) is 10.6 Å². The fourth-order valence-electron chi connectivity index (χ4n) is 3.41. The number of carbonyl (C=O) groups excluding carboxylic acids is 2. The second kappa shape index (κ2) is 7.16. The normalized spacial score (nSPS) is 21.5. The van der Waals surface area contributed by atoms with Crippen molar-refractivity contribution in [2.75, 3.05) is 52.1 Å². The number of fused-ring (bicyclic) bond motifs is 1. The fraction of sp³-hybridized carbons (Fsp3) is 0.688. The minimum absolute atomic E-state index is 0.0564. The first-order valence-corrected chi connectivity index (χ1v) is 9.21. The Morgan fingerprint density at radius 2 is 2.12 bits per heavy atom. The highest BCUT2D eigenvalue weighted by Crippen LogP contribution is 2.24. The van der Waals surface area contributed by atoms with Gasteiger partial charge in [0.25, 0.3) is 5.91 Å². The van der Waals surface area contributed by atoms with Gasteiger partial charge >= 0.3 is 0 Å². The van der Waals surface area contributed by atoms with E-state index in [-0.39, 0.29) is 11.8 Å². The second-order valence-corrected chi connectivity index (χ2v) is 7.75. The molecule has 0 aromatic carbocycles. The molecule has 3 rings (SSSR count). The van der Waals surface area contributed by atoms with E-state index >= 15 is 0 Å². The number of aryl methyl sites for hydroxylation is 1. The van der Waals surface area contributed by atoms with E-state index in [9.17, 15) is 9.59 Å². The molecule has 8 heteroatoms. The lowest BCUT2D eigenvalue weighted by molar-refractivity contribution is -0.117. The summed E-state index contributed by atoms with van der Waals surface area (Å²) in [7, 11) is 3.42. The first-order valence-electron chi connectivity index (χ1n) is 8.39. The molecular weight excluding hydrogens is 326 g/mol. The molecule has 1 aromatic rings. The average molecular weight is 351 g/mol. The van der Waals surface area contributed by atoms with Crippen molar-refractivity contribution in [2.45, 2.75) is 25.8 Å². The van der Waals surface area contributed by atoms with Crippen LogP contribution in [0.3, 0.4) is 0 Å². The number of carbonyl (C=O) groups is 2. The van der Waals surface area contributed by atoms with Gasteiger partial charge in [-0.1, -0.05) is 11.3 Å². The van der Waals surface area contributed by atoms with Gasteiger partial charge in [0, 0.05) is 39.8 Å². The standard InChI is InChI=1S/C16H25N5O2S/c1-11-14(15(23)19(2)3)24-16(17-11)18-13(22)10-20-7-8-21-6-4-5-12(21)9-20/h12H,4-10H2,1-3H3,(H,17,18,22). The molecule has 24 heavy (non-hydrogen) atoms. The molecule has 0 radical (unpaired) electrons. The van der Waals surface area contributed by atoms with Crippen molar-refractivity contribution < 1.29 is 9.59 Å². The number of amides is 2. The molecule has 2 saturated heterocycles. The Morgan fingerprint density at radius 3 is 2.88 bits per heavy atom. The van der Waals surface area contributed by atoms with Crippen LogP contribution >= 0.6 is 11.3 Å². The molecule has 7 nitrogen and oxygen atoms in total. The van der Waals surface area contributed by atoms with Crippen molar-refractivity contribution in [1.29, 1.82) is 0 Å². The van der Waals surface area contributed by atoms with E-state index in [1.165, 1.54) is 35.6 Å². The molecule has 2 aliphatic rings. The minimum atomic E-state index is -0.0807. The van der Waals surface area contributed by atoms with Crippen LogP contribution in [0.1, 0.15) is 28.2 Å². The van der Waals surface area contributed by atoms with Crippen molar-refractivity contribution in [1.82, 2.24) is 19.7 Å². The predicted molar refractivity (Wildman–Crippen MR) is 94.5 cm³/mol. The van der Waals surface area contributed by atoms with Crippen LogP contribution in [0.2, 0.25) is 0 Å². The quantitative estimate of drug-likeness (QED) is 0.872. The maximum absolute atomic E-state index is 12.3. The van der Waals surface area contributed by atoms with Crippen molar-refractivity contribution in [3.63, 3.8) is 0 Å². The molecule has 2 fully saturated rings. The summed E-state index contributed by atoms with van der Waals surface area (Å²) in [6.45, 7) is 6.34. The highest BCUT2D eigenvalue weighted by molar-refractivity contribution is 7.17. The number of nitrogens with zero attached hydrogens (tertiary/aromatic N) is 4. The highest BCUT2D eigenvalue weighted by Gasteiger charge is 2.31. The van der Waals surface area contributed by atoms with Gasteiger partial charge in [0.1, 0.15) is 4.88 Å². The third-order valence-electron chi connectivity index (χ3n) is 4.68. The largest absolute Gasteiger partial charge is 0.344 e. The number of thiazole rings is 1. The molecule has 0 bridgehead atoms. The fourth-order valence-corrected chi connectivity index (χ4v) is 4.42. The first-order chi connectivity index (χ1) is 11.4. The summed E-state index contributed by atoms with van der Waals surface area (Å²) in [6, 6.07) is 0.609. The van der Waals surface area contributed by atoms with E-state index in [2.05, 4.69) is 20.1 Å². The lowest BCUT2D eigenvalue weighted by atomic mass is 10.1. The summed E-state index contributed by atoms with van der Waals surface area (Å²) >= 11 is 1.24. The maximum atomic E-state index is 12.3. The molecule has 1 N–H and O–H groups in total. The van der Waals surface area contributed by atoms with Gasteiger partial charge in [-0.25, -0.2) is 4.98 Å². The topological polar surface area (TPSA) is 68.8 Å². The van der Waals surface area contributed by atoms with Crippen LogP contribution in [0, 0.1) is 6.92 Å². The van der Waals surface area contributed by atoms with E-state index in [1.54, 1.807) is 21.0 Å². The minimum Gasteiger partial charge on any atom is -0.344 e. The Bertz CT molecular complexity index is 630. The van der Waals surface area contributed by atoms with Crippen LogP contribution in [-0.2, 0) is 4.79 Å². The Labute approximate surface area is 146 Å². The number of anilines is 1. The second-order valence-electron chi connectivity index (χ2n) is 6.75. The van der Waals surface area contributed by atoms with Gasteiger partial charge in [-0.05, 0) is 26.3 Å². The molecule has 0 aliphatic carbocycles. The van der Waals surface area contributed by atoms with Gasteiger partial charge in [0.15, 0.2) is 5.13 Å². The summed E-state index contributed by atoms with van der Waals surface area (Å²) in [5.41, 5.74) is 0.661. The van der Waals surface area contributed by atoms with Crippen molar-refractivity contribution in [2.24, 2.45) is 0 Å². The molecule has 2 aliphatic heterocycles. The summed E-state index contributed by atoms with van der Waals surface area (Å²) in [6.07, 6.45) is 2.51. The number of hydrogen-bond acceptors (Lipinski definition) is 6. The van der Waals surface area contributed by atoms with Gasteiger partial charge in [-0.15, -0.1) is 0 Å². The smallest absolute Gasteiger partial charge is 0.265 e. The van der Waals surface area contributed by atoms with Crippen molar-refractivity contribution >= 4 is 28.3 Å². The lowest BCUT2D eigenvalue weighted by Gasteiger charge is -2.36. The maximum Gasteiger partial charge on any atom is 0.265 e. The average Bonchev–Trinajstić information content (AvgIpc) is 3.12. The number of aromatic nitrogens is 1. The van der Waals surface area contributed by atoms with E-state index in [1.807, 2.05) is 0 Å². The molecule has 1 aromatic heterocycles. The Kier molecular flexibility index (Phi) is 5.17. The monoisotopic (exact) mass is 351 g/mol. The number of nitrogens with one attached hydrogen (secondary N) is 1. The van der Waals surface area contributed by atoms with Crippen LogP contribution in [0.4, 0.5) is 5.13 Å². The summed E-state index contributed by atoms with van der Waals surface area (Å²) in [4.78, 5) is 35.5. The van der Waals surface area contributed by atoms with Gasteiger partial charge in [0.2, 0.25) is 5.91 Å². The predicted octanol–water partition coefficient (Wildman–Crippen LogP) is 0.872. The zero-order valence-electron chi connectivity index (χ0n) is 14.5. The lowest BCUT2D eigenvalue weighted by Crippen LogP contribution is -2.51. The zero-order valence-corrected chi connectivity index (χ0v) is 15.4. The molecule has 0 saturated carbocycles. The third-order valence-corrected chi connectivity index (χ3v) is 5.74. The molecule has 0 spiro atoms. The van der Waals surface area contributed by atoms with Gasteiger partial charge in [0.05, 0.1) is 12.2 Å². The molecule has 1 unspecified atom stereocenters. The van der Waals surface area contributed by atoms with Gasteiger partial charge in [-0.2, -0.15) is 0 Å². The summed E-state index contributed by atoms with van der Waals surface area (Å²) < 4.78 is 0. The van der Waals surface area contributed by atoms with Crippen molar-refractivity contribution in [3.8, 4) is 0 Å². The van der Waals surface area contributed by atoms with E-state index < -0.39 is 0 Å². The Morgan fingerprint density at radius 1 is 1.33 bits per heavy atom. The SMILES string of the molecule is Cc1nc(NC(=O)CN2CCN3CCCC3C2)sc1C(=O)N(C)C. The number of hydrogen-bond donors (Lipinski definition) is 1. The van der Waals surface area contributed by atoms with Crippen LogP contribution in [0.15, 0.2) is 0 Å². The van der Waals surface area contributed by atoms with E-state index in [4.69, 9.17) is 0 Å². The molecule has 132 valence electrons. The Balaban J connectivity index is 1.55. The molecule has 3 heterocycles. The first kappa shape index (κ1) is 17.3. The van der Waals surface area contributed by atoms with Crippen LogP contribution in [0.5, 0.6) is 0 Å². The van der Waals surface area contributed by atoms with E-state index in [0.29, 0.717) is 28.3 Å². The van der Waals surface area contributed by atoms with E-state index in [0.717, 1.165) is 19.6 Å². The number of rotatable bonds is 4. The van der Waals surface area contributed by atoms with Crippen LogP contribution in [-0.4, -0.2) is 84.4 Å². The van der Waals surface area contributed by atoms with Crippen LogP contribution < -0.4 is 5.32 Å². The highest BCUT2D eigenvalue weighted by atomic mass is 32.1. The van der Waals surface area contributed by atoms with Gasteiger partial charge < -0.3 is 10.2 Å². The summed E-state index contributed by atoms with van der Waals surface area (Å²) in [5, 5.41) is 3.35.